The second-order valence-corrected chi connectivity index (χ2v) is 2.63. The summed E-state index contributed by atoms with van der Waals surface area (Å²) in [5.41, 5.74) is 5.40. The average Bonchev–Trinajstić information content (AvgIpc) is 2.10. The topological polar surface area (TPSA) is 64.7 Å². The van der Waals surface area contributed by atoms with Crippen LogP contribution in [0, 0.1) is 0 Å². The van der Waals surface area contributed by atoms with Gasteiger partial charge in [0.2, 0.25) is 0 Å². The van der Waals surface area contributed by atoms with Gasteiger partial charge in [0.25, 0.3) is 0 Å². The Hall–Kier alpha value is -0.160. The minimum Gasteiger partial charge on any atom is -0.395 e. The Bertz CT molecular complexity index is 90.4. The molecule has 0 heterocycles. The fourth-order valence-electron chi connectivity index (χ4n) is 0.652. The molecule has 12 heavy (non-hydrogen) atoms. The summed E-state index contributed by atoms with van der Waals surface area (Å²) in [6, 6.07) is -0.267. The molecular weight excluding hydrogens is 158 g/mol. The van der Waals surface area contributed by atoms with Gasteiger partial charge in [-0.25, -0.2) is 0 Å². The van der Waals surface area contributed by atoms with Gasteiger partial charge in [0.15, 0.2) is 0 Å². The van der Waals surface area contributed by atoms with E-state index in [1.165, 1.54) is 0 Å². The molecule has 0 aromatic heterocycles. The molecule has 0 aromatic carbocycles. The summed E-state index contributed by atoms with van der Waals surface area (Å²) in [5.74, 6) is 0. The van der Waals surface area contributed by atoms with Crippen molar-refractivity contribution in [2.75, 3.05) is 33.0 Å². The van der Waals surface area contributed by atoms with Crippen molar-refractivity contribution < 1.29 is 14.6 Å². The van der Waals surface area contributed by atoms with Gasteiger partial charge in [-0.1, -0.05) is 6.92 Å². The summed E-state index contributed by atoms with van der Waals surface area (Å²) in [5, 5.41) is 8.54. The van der Waals surface area contributed by atoms with Crippen molar-refractivity contribution in [3.8, 4) is 0 Å². The number of nitrogens with two attached hydrogens (primary N) is 1. The lowest BCUT2D eigenvalue weighted by Crippen LogP contribution is -2.30. The van der Waals surface area contributed by atoms with E-state index in [2.05, 4.69) is 6.92 Å². The van der Waals surface area contributed by atoms with Crippen LogP contribution in [0.25, 0.3) is 0 Å². The van der Waals surface area contributed by atoms with E-state index in [1.54, 1.807) is 0 Å². The molecule has 0 aromatic rings. The second-order valence-electron chi connectivity index (χ2n) is 2.63. The highest BCUT2D eigenvalue weighted by atomic mass is 16.5. The smallest absolute Gasteiger partial charge is 0.0701 e. The monoisotopic (exact) mass is 177 g/mol. The highest BCUT2D eigenvalue weighted by Crippen LogP contribution is 1.83. The van der Waals surface area contributed by atoms with E-state index in [1.807, 2.05) is 0 Å². The Morgan fingerprint density at radius 1 is 1.25 bits per heavy atom. The Balaban J connectivity index is 2.90. The Kier molecular flexibility index (Phi) is 8.81. The molecule has 4 heteroatoms. The zero-order chi connectivity index (χ0) is 9.23. The summed E-state index contributed by atoms with van der Waals surface area (Å²) in [6.45, 7) is 4.35. The van der Waals surface area contributed by atoms with Crippen molar-refractivity contribution in [3.63, 3.8) is 0 Å². The number of rotatable bonds is 8. The summed E-state index contributed by atoms with van der Waals surface area (Å²) in [4.78, 5) is 0. The molecule has 0 radical (unpaired) electrons. The van der Waals surface area contributed by atoms with Gasteiger partial charge in [0, 0.05) is 6.61 Å². The first-order valence-electron chi connectivity index (χ1n) is 4.33. The first-order chi connectivity index (χ1) is 5.81. The van der Waals surface area contributed by atoms with Gasteiger partial charge >= 0.3 is 0 Å². The fraction of sp³-hybridized carbons (Fsp3) is 1.00. The van der Waals surface area contributed by atoms with Crippen LogP contribution in [0.3, 0.4) is 0 Å². The molecule has 0 spiro atoms. The summed E-state index contributed by atoms with van der Waals surface area (Å²) in [7, 11) is 0. The molecule has 0 saturated carbocycles. The van der Waals surface area contributed by atoms with Gasteiger partial charge < -0.3 is 20.3 Å². The molecular formula is C8H19NO3. The van der Waals surface area contributed by atoms with Gasteiger partial charge in [-0.05, 0) is 6.42 Å². The largest absolute Gasteiger partial charge is 0.395 e. The van der Waals surface area contributed by atoms with Crippen molar-refractivity contribution in [2.24, 2.45) is 5.73 Å². The summed E-state index contributed by atoms with van der Waals surface area (Å²) in [6.07, 6.45) is 1.02. The lowest BCUT2D eigenvalue weighted by atomic mass is 10.4. The van der Waals surface area contributed by atoms with Crippen molar-refractivity contribution in [2.45, 2.75) is 19.4 Å². The molecule has 0 rings (SSSR count). The van der Waals surface area contributed by atoms with E-state index in [9.17, 15) is 0 Å². The predicted octanol–water partition coefficient (Wildman–Crippen LogP) is -0.251. The maximum atomic E-state index is 8.54. The third kappa shape index (κ3) is 7.94. The molecule has 1 unspecified atom stereocenters. The number of hydrogen-bond acceptors (Lipinski definition) is 4. The molecule has 3 N–H and O–H groups in total. The predicted molar refractivity (Wildman–Crippen MR) is 47.0 cm³/mol. The van der Waals surface area contributed by atoms with Crippen LogP contribution in [-0.2, 0) is 9.47 Å². The first-order valence-corrected chi connectivity index (χ1v) is 4.33. The van der Waals surface area contributed by atoms with Crippen molar-refractivity contribution >= 4 is 0 Å². The summed E-state index contributed by atoms with van der Waals surface area (Å²) < 4.78 is 10.3. The van der Waals surface area contributed by atoms with Gasteiger partial charge in [-0.3, -0.25) is 0 Å². The molecule has 0 bridgehead atoms. The van der Waals surface area contributed by atoms with Crippen molar-refractivity contribution in [1.82, 2.24) is 0 Å². The molecule has 0 saturated heterocycles. The van der Waals surface area contributed by atoms with Crippen LogP contribution in [0.1, 0.15) is 13.3 Å². The van der Waals surface area contributed by atoms with Crippen LogP contribution in [0.5, 0.6) is 0 Å². The number of ether oxygens (including phenoxy) is 2. The minimum absolute atomic E-state index is 0.0319. The SMILES string of the molecule is CCCOCCOCC(N)CO. The number of aliphatic hydroxyl groups is 1. The van der Waals surface area contributed by atoms with Crippen LogP contribution < -0.4 is 5.73 Å². The first kappa shape index (κ1) is 11.8. The lowest BCUT2D eigenvalue weighted by molar-refractivity contribution is 0.0370. The Labute approximate surface area is 73.7 Å². The van der Waals surface area contributed by atoms with Crippen LogP contribution >= 0.6 is 0 Å². The van der Waals surface area contributed by atoms with Gasteiger partial charge in [0.1, 0.15) is 0 Å². The Morgan fingerprint density at radius 2 is 1.92 bits per heavy atom. The van der Waals surface area contributed by atoms with E-state index >= 15 is 0 Å². The van der Waals surface area contributed by atoms with Gasteiger partial charge in [-0.15, -0.1) is 0 Å². The van der Waals surface area contributed by atoms with Crippen LogP contribution in [0.4, 0.5) is 0 Å². The molecule has 74 valence electrons. The van der Waals surface area contributed by atoms with Crippen LogP contribution in [0.15, 0.2) is 0 Å². The fourth-order valence-corrected chi connectivity index (χ4v) is 0.652. The van der Waals surface area contributed by atoms with Crippen LogP contribution in [0.2, 0.25) is 0 Å². The number of hydrogen-bond donors (Lipinski definition) is 2. The molecule has 0 aliphatic heterocycles. The molecule has 0 aliphatic rings. The minimum atomic E-state index is -0.267. The number of aliphatic hydroxyl groups excluding tert-OH is 1. The maximum Gasteiger partial charge on any atom is 0.0701 e. The van der Waals surface area contributed by atoms with Crippen molar-refractivity contribution in [1.29, 1.82) is 0 Å². The van der Waals surface area contributed by atoms with E-state index in [-0.39, 0.29) is 12.6 Å². The quantitative estimate of drug-likeness (QED) is 0.502. The third-order valence-corrected chi connectivity index (χ3v) is 1.29. The molecule has 0 aliphatic carbocycles. The van der Waals surface area contributed by atoms with E-state index < -0.39 is 0 Å². The second kappa shape index (κ2) is 8.93. The average molecular weight is 177 g/mol. The highest BCUT2D eigenvalue weighted by molar-refractivity contribution is 4.55. The van der Waals surface area contributed by atoms with Crippen LogP contribution in [-0.4, -0.2) is 44.2 Å². The molecule has 0 amide bonds. The third-order valence-electron chi connectivity index (χ3n) is 1.29. The Morgan fingerprint density at radius 3 is 2.50 bits per heavy atom. The van der Waals surface area contributed by atoms with Crippen molar-refractivity contribution in [3.05, 3.63) is 0 Å². The zero-order valence-electron chi connectivity index (χ0n) is 7.66. The summed E-state index contributed by atoms with van der Waals surface area (Å²) >= 11 is 0. The van der Waals surface area contributed by atoms with E-state index in [0.29, 0.717) is 19.8 Å². The van der Waals surface area contributed by atoms with E-state index in [0.717, 1.165) is 13.0 Å². The van der Waals surface area contributed by atoms with Gasteiger partial charge in [-0.2, -0.15) is 0 Å². The maximum absolute atomic E-state index is 8.54. The molecule has 0 fully saturated rings. The van der Waals surface area contributed by atoms with Gasteiger partial charge in [0.05, 0.1) is 32.5 Å². The van der Waals surface area contributed by atoms with E-state index in [4.69, 9.17) is 20.3 Å². The normalized spacial score (nSPS) is 13.2. The lowest BCUT2D eigenvalue weighted by Gasteiger charge is -2.08. The zero-order valence-corrected chi connectivity index (χ0v) is 7.66. The molecule has 4 nitrogen and oxygen atoms in total. The highest BCUT2D eigenvalue weighted by Gasteiger charge is 1.98. The standard InChI is InChI=1S/C8H19NO3/c1-2-3-11-4-5-12-7-8(9)6-10/h8,10H,2-7,9H2,1H3. The molecule has 1 atom stereocenters.